The van der Waals surface area contributed by atoms with E-state index < -0.39 is 0 Å². The first-order valence-corrected chi connectivity index (χ1v) is 13.8. The molecule has 3 aromatic rings. The Kier molecular flexibility index (Phi) is 9.97. The molecule has 0 spiro atoms. The van der Waals surface area contributed by atoms with Crippen LogP contribution in [-0.4, -0.2) is 37.2 Å². The van der Waals surface area contributed by atoms with Crippen LogP contribution < -0.4 is 15.8 Å². The number of carbonyl (C=O) groups is 1. The Morgan fingerprint density at radius 2 is 1.70 bits per heavy atom. The van der Waals surface area contributed by atoms with Crippen molar-refractivity contribution < 1.29 is 14.3 Å². The minimum Gasteiger partial charge on any atom is -0.490 e. The van der Waals surface area contributed by atoms with Crippen molar-refractivity contribution in [2.24, 2.45) is 0 Å². The highest BCUT2D eigenvalue weighted by atomic mass is 79.9. The van der Waals surface area contributed by atoms with Gasteiger partial charge >= 0.3 is 5.97 Å². The van der Waals surface area contributed by atoms with E-state index in [1.54, 1.807) is 18.2 Å². The van der Waals surface area contributed by atoms with E-state index in [2.05, 4.69) is 26.1 Å². The standard InChI is InChI=1S/C28H30BrCl2N3O3/c29-22-17-21(15-20(27(22)32)18-34-11-4-1-5-12-34)36-13-14-37-26(35)16-19-7-2-3-10-25(19)33-28-23(30)8-6-9-24(28)31/h2-3,6-10,15,17,33H,1,4-5,11-14,16,18,32H2. The van der Waals surface area contributed by atoms with Crippen LogP contribution in [0.15, 0.2) is 59.1 Å². The molecule has 3 N–H and O–H groups in total. The van der Waals surface area contributed by atoms with E-state index in [0.29, 0.717) is 21.5 Å². The summed E-state index contributed by atoms with van der Waals surface area (Å²) in [4.78, 5) is 15.0. The molecule has 1 saturated heterocycles. The van der Waals surface area contributed by atoms with Crippen LogP contribution in [0.4, 0.5) is 17.1 Å². The van der Waals surface area contributed by atoms with Crippen molar-refractivity contribution in [3.8, 4) is 5.75 Å². The average Bonchev–Trinajstić information content (AvgIpc) is 2.88. The zero-order valence-electron chi connectivity index (χ0n) is 20.4. The third-order valence-electron chi connectivity index (χ3n) is 6.22. The monoisotopic (exact) mass is 605 g/mol. The third-order valence-corrected chi connectivity index (χ3v) is 7.51. The number of nitrogens with one attached hydrogen (secondary N) is 1. The van der Waals surface area contributed by atoms with Gasteiger partial charge in [0.15, 0.2) is 0 Å². The van der Waals surface area contributed by atoms with Gasteiger partial charge in [0.1, 0.15) is 19.0 Å². The number of para-hydroxylation sites is 2. The van der Waals surface area contributed by atoms with Crippen molar-refractivity contribution >= 4 is 62.2 Å². The molecule has 4 rings (SSSR count). The van der Waals surface area contributed by atoms with Gasteiger partial charge in [0, 0.05) is 16.7 Å². The Bertz CT molecular complexity index is 1220. The predicted molar refractivity (Wildman–Crippen MR) is 154 cm³/mol. The summed E-state index contributed by atoms with van der Waals surface area (Å²) in [6.45, 7) is 3.34. The number of esters is 1. The van der Waals surface area contributed by atoms with Crippen molar-refractivity contribution in [2.45, 2.75) is 32.2 Å². The molecule has 1 heterocycles. The fraction of sp³-hybridized carbons (Fsp3) is 0.321. The van der Waals surface area contributed by atoms with Gasteiger partial charge in [0.2, 0.25) is 0 Å². The fourth-order valence-electron chi connectivity index (χ4n) is 4.29. The maximum Gasteiger partial charge on any atom is 0.310 e. The number of benzene rings is 3. The molecule has 1 aliphatic heterocycles. The number of ether oxygens (including phenoxy) is 2. The summed E-state index contributed by atoms with van der Waals surface area (Å²) in [5, 5.41) is 4.22. The van der Waals surface area contributed by atoms with Gasteiger partial charge in [-0.25, -0.2) is 0 Å². The number of nitrogens with zero attached hydrogens (tertiary/aromatic N) is 1. The van der Waals surface area contributed by atoms with E-state index in [0.717, 1.165) is 46.6 Å². The second kappa shape index (κ2) is 13.4. The van der Waals surface area contributed by atoms with Gasteiger partial charge in [-0.05, 0) is 83.3 Å². The summed E-state index contributed by atoms with van der Waals surface area (Å²) in [5.41, 5.74) is 10.2. The Morgan fingerprint density at radius 1 is 0.973 bits per heavy atom. The largest absolute Gasteiger partial charge is 0.490 e. The number of carbonyl (C=O) groups excluding carboxylic acids is 1. The van der Waals surface area contributed by atoms with E-state index in [4.69, 9.17) is 38.4 Å². The molecule has 0 unspecified atom stereocenters. The van der Waals surface area contributed by atoms with Gasteiger partial charge in [0.05, 0.1) is 27.8 Å². The number of hydrogen-bond acceptors (Lipinski definition) is 6. The highest BCUT2D eigenvalue weighted by Gasteiger charge is 2.15. The van der Waals surface area contributed by atoms with Gasteiger partial charge < -0.3 is 20.5 Å². The minimum atomic E-state index is -0.354. The molecular weight excluding hydrogens is 577 g/mol. The quantitative estimate of drug-likeness (QED) is 0.144. The maximum atomic E-state index is 12.5. The van der Waals surface area contributed by atoms with E-state index in [-0.39, 0.29) is 25.6 Å². The SMILES string of the molecule is Nc1c(Br)cc(OCCOC(=O)Cc2ccccc2Nc2c(Cl)cccc2Cl)cc1CN1CCCCC1. The molecule has 0 atom stereocenters. The smallest absolute Gasteiger partial charge is 0.310 e. The number of piperidine rings is 1. The van der Waals surface area contributed by atoms with Crippen molar-refractivity contribution in [3.63, 3.8) is 0 Å². The number of anilines is 3. The normalized spacial score (nSPS) is 13.8. The molecule has 0 saturated carbocycles. The van der Waals surface area contributed by atoms with Gasteiger partial charge in [-0.15, -0.1) is 0 Å². The molecule has 0 amide bonds. The first kappa shape index (κ1) is 27.6. The Morgan fingerprint density at radius 3 is 2.46 bits per heavy atom. The van der Waals surface area contributed by atoms with Crippen molar-refractivity contribution in [2.75, 3.05) is 37.4 Å². The molecule has 6 nitrogen and oxygen atoms in total. The lowest BCUT2D eigenvalue weighted by molar-refractivity contribution is -0.143. The second-order valence-electron chi connectivity index (χ2n) is 8.94. The molecule has 0 aliphatic carbocycles. The molecule has 0 aromatic heterocycles. The van der Waals surface area contributed by atoms with Crippen LogP contribution >= 0.6 is 39.1 Å². The molecular formula is C28H30BrCl2N3O3. The summed E-state index contributed by atoms with van der Waals surface area (Å²) in [6, 6.07) is 16.6. The summed E-state index contributed by atoms with van der Waals surface area (Å²) < 4.78 is 12.1. The molecule has 196 valence electrons. The molecule has 0 bridgehead atoms. The van der Waals surface area contributed by atoms with Crippen molar-refractivity contribution in [1.82, 2.24) is 4.90 Å². The van der Waals surface area contributed by atoms with Crippen LogP contribution in [0, 0.1) is 0 Å². The van der Waals surface area contributed by atoms with Crippen LogP contribution in [0.25, 0.3) is 0 Å². The highest BCUT2D eigenvalue weighted by Crippen LogP contribution is 2.34. The Balaban J connectivity index is 1.29. The summed E-state index contributed by atoms with van der Waals surface area (Å²) in [7, 11) is 0. The molecule has 3 aromatic carbocycles. The van der Waals surface area contributed by atoms with E-state index in [9.17, 15) is 4.79 Å². The second-order valence-corrected chi connectivity index (χ2v) is 10.6. The lowest BCUT2D eigenvalue weighted by atomic mass is 10.1. The van der Waals surface area contributed by atoms with Gasteiger partial charge in [0.25, 0.3) is 0 Å². The summed E-state index contributed by atoms with van der Waals surface area (Å²) in [5.74, 6) is 0.336. The van der Waals surface area contributed by atoms with Gasteiger partial charge in [-0.2, -0.15) is 0 Å². The molecule has 9 heteroatoms. The molecule has 37 heavy (non-hydrogen) atoms. The minimum absolute atomic E-state index is 0.0959. The summed E-state index contributed by atoms with van der Waals surface area (Å²) >= 11 is 16.1. The van der Waals surface area contributed by atoms with Crippen LogP contribution in [-0.2, 0) is 22.5 Å². The number of hydrogen-bond donors (Lipinski definition) is 2. The number of likely N-dealkylation sites (tertiary alicyclic amines) is 1. The zero-order valence-corrected chi connectivity index (χ0v) is 23.5. The fourth-order valence-corrected chi connectivity index (χ4v) is 5.26. The van der Waals surface area contributed by atoms with Crippen LogP contribution in [0.3, 0.4) is 0 Å². The first-order chi connectivity index (χ1) is 17.9. The summed E-state index contributed by atoms with van der Waals surface area (Å²) in [6.07, 6.45) is 3.82. The van der Waals surface area contributed by atoms with E-state index >= 15 is 0 Å². The van der Waals surface area contributed by atoms with E-state index in [1.807, 2.05) is 36.4 Å². The number of halogens is 3. The van der Waals surface area contributed by atoms with Crippen LogP contribution in [0.1, 0.15) is 30.4 Å². The highest BCUT2D eigenvalue weighted by molar-refractivity contribution is 9.10. The average molecular weight is 607 g/mol. The van der Waals surface area contributed by atoms with Crippen molar-refractivity contribution in [3.05, 3.63) is 80.2 Å². The lowest BCUT2D eigenvalue weighted by Gasteiger charge is -2.27. The third kappa shape index (κ3) is 7.77. The predicted octanol–water partition coefficient (Wildman–Crippen LogP) is 7.23. The topological polar surface area (TPSA) is 76.8 Å². The zero-order chi connectivity index (χ0) is 26.2. The number of nitrogens with two attached hydrogens (primary N) is 1. The van der Waals surface area contributed by atoms with Gasteiger partial charge in [-0.3, -0.25) is 9.69 Å². The van der Waals surface area contributed by atoms with Gasteiger partial charge in [-0.1, -0.05) is 53.9 Å². The van der Waals surface area contributed by atoms with Crippen LogP contribution in [0.5, 0.6) is 5.75 Å². The van der Waals surface area contributed by atoms with Crippen LogP contribution in [0.2, 0.25) is 10.0 Å². The molecule has 1 aliphatic rings. The molecule has 0 radical (unpaired) electrons. The number of nitrogen functional groups attached to an aromatic ring is 1. The van der Waals surface area contributed by atoms with Crippen molar-refractivity contribution in [1.29, 1.82) is 0 Å². The Hall–Kier alpha value is -2.45. The number of rotatable bonds is 10. The Labute approximate surface area is 236 Å². The maximum absolute atomic E-state index is 12.5. The molecule has 1 fully saturated rings. The van der Waals surface area contributed by atoms with E-state index in [1.165, 1.54) is 19.3 Å². The lowest BCUT2D eigenvalue weighted by Crippen LogP contribution is -2.29. The first-order valence-electron chi connectivity index (χ1n) is 12.3.